The molecule has 0 aliphatic heterocycles. The molecule has 0 saturated heterocycles. The fourth-order valence-electron chi connectivity index (χ4n) is 1.24. The first-order valence-corrected chi connectivity index (χ1v) is 6.28. The van der Waals surface area contributed by atoms with Crippen LogP contribution in [0.2, 0.25) is 0 Å². The maximum atomic E-state index is 11.5. The van der Waals surface area contributed by atoms with Gasteiger partial charge in [-0.25, -0.2) is 4.79 Å². The van der Waals surface area contributed by atoms with Crippen LogP contribution in [0.15, 0.2) is 22.7 Å². The molecule has 0 radical (unpaired) electrons. The van der Waals surface area contributed by atoms with Crippen molar-refractivity contribution in [3.8, 4) is 5.75 Å². The van der Waals surface area contributed by atoms with Crippen molar-refractivity contribution in [2.24, 2.45) is 0 Å². The number of rotatable bonds is 4. The molecular formula is C12H14BrNO4. The lowest BCUT2D eigenvalue weighted by atomic mass is 10.3. The number of esters is 1. The molecule has 5 nitrogen and oxygen atoms in total. The van der Waals surface area contributed by atoms with Crippen LogP contribution in [0.4, 0.5) is 5.69 Å². The van der Waals surface area contributed by atoms with E-state index >= 15 is 0 Å². The Hall–Kier alpha value is -1.56. The van der Waals surface area contributed by atoms with Gasteiger partial charge in [0.1, 0.15) is 5.75 Å². The van der Waals surface area contributed by atoms with Crippen LogP contribution >= 0.6 is 15.9 Å². The first-order chi connectivity index (χ1) is 8.58. The highest BCUT2D eigenvalue weighted by atomic mass is 79.9. The monoisotopic (exact) mass is 315 g/mol. The Morgan fingerprint density at radius 3 is 2.61 bits per heavy atom. The Bertz CT molecular complexity index is 448. The Balaban J connectivity index is 2.83. The molecule has 0 aromatic heterocycles. The summed E-state index contributed by atoms with van der Waals surface area (Å²) in [5.74, 6) is -1.24. The van der Waals surface area contributed by atoms with Crippen LogP contribution in [0.3, 0.4) is 0 Å². The van der Waals surface area contributed by atoms with Gasteiger partial charge in [0.2, 0.25) is 0 Å². The normalized spacial score (nSPS) is 9.72. The summed E-state index contributed by atoms with van der Waals surface area (Å²) in [6.07, 6.45) is 0. The van der Waals surface area contributed by atoms with Gasteiger partial charge in [-0.2, -0.15) is 0 Å². The number of carbonyl (C=O) groups excluding carboxylic acids is 2. The second kappa shape index (κ2) is 7.00. The van der Waals surface area contributed by atoms with E-state index in [2.05, 4.69) is 26.0 Å². The molecule has 0 spiro atoms. The number of benzene rings is 1. The van der Waals surface area contributed by atoms with E-state index in [0.717, 1.165) is 4.47 Å². The van der Waals surface area contributed by atoms with Crippen molar-refractivity contribution in [1.29, 1.82) is 0 Å². The zero-order valence-electron chi connectivity index (χ0n) is 10.2. The number of amides is 1. The molecule has 6 heteroatoms. The zero-order chi connectivity index (χ0) is 13.5. The quantitative estimate of drug-likeness (QED) is 0.684. The fourth-order valence-corrected chi connectivity index (χ4v) is 1.58. The Labute approximate surface area is 114 Å². The third kappa shape index (κ3) is 4.03. The van der Waals surface area contributed by atoms with Gasteiger partial charge in [0.15, 0.2) is 0 Å². The summed E-state index contributed by atoms with van der Waals surface area (Å²) in [4.78, 5) is 22.7. The van der Waals surface area contributed by atoms with Gasteiger partial charge in [0.25, 0.3) is 0 Å². The van der Waals surface area contributed by atoms with Crippen LogP contribution in [0.1, 0.15) is 13.8 Å². The molecule has 1 N–H and O–H groups in total. The average Bonchev–Trinajstić information content (AvgIpc) is 2.33. The van der Waals surface area contributed by atoms with Crippen LogP contribution in [0.25, 0.3) is 0 Å². The third-order valence-electron chi connectivity index (χ3n) is 1.95. The molecule has 1 rings (SSSR count). The molecule has 18 heavy (non-hydrogen) atoms. The predicted octanol–water partition coefficient (Wildman–Crippen LogP) is 2.35. The van der Waals surface area contributed by atoms with Gasteiger partial charge in [-0.3, -0.25) is 4.79 Å². The number of ether oxygens (including phenoxy) is 2. The standard InChI is InChI=1S/C12H14BrNO4/c1-3-17-10-7-8(13)5-6-9(10)14-11(15)12(16)18-4-2/h5-7H,3-4H2,1-2H3,(H,14,15). The number of carbonyl (C=O) groups is 2. The van der Waals surface area contributed by atoms with Gasteiger partial charge in [-0.05, 0) is 32.0 Å². The van der Waals surface area contributed by atoms with E-state index < -0.39 is 11.9 Å². The maximum absolute atomic E-state index is 11.5. The van der Waals surface area contributed by atoms with E-state index in [1.165, 1.54) is 0 Å². The van der Waals surface area contributed by atoms with Crippen molar-refractivity contribution in [1.82, 2.24) is 0 Å². The van der Waals surface area contributed by atoms with Crippen LogP contribution < -0.4 is 10.1 Å². The summed E-state index contributed by atoms with van der Waals surface area (Å²) in [5.41, 5.74) is 0.429. The second-order valence-electron chi connectivity index (χ2n) is 3.25. The SMILES string of the molecule is CCOC(=O)C(=O)Nc1ccc(Br)cc1OCC. The predicted molar refractivity (Wildman–Crippen MR) is 70.6 cm³/mol. The van der Waals surface area contributed by atoms with Crippen molar-refractivity contribution >= 4 is 33.5 Å². The molecular weight excluding hydrogens is 302 g/mol. The van der Waals surface area contributed by atoms with E-state index in [-0.39, 0.29) is 6.61 Å². The highest BCUT2D eigenvalue weighted by Gasteiger charge is 2.16. The van der Waals surface area contributed by atoms with Crippen LogP contribution in [-0.4, -0.2) is 25.1 Å². The molecule has 0 fully saturated rings. The van der Waals surface area contributed by atoms with Gasteiger partial charge in [-0.1, -0.05) is 15.9 Å². The Kier molecular flexibility index (Phi) is 5.64. The van der Waals surface area contributed by atoms with Gasteiger partial charge in [0, 0.05) is 4.47 Å². The van der Waals surface area contributed by atoms with Crippen molar-refractivity contribution in [2.45, 2.75) is 13.8 Å². The third-order valence-corrected chi connectivity index (χ3v) is 2.45. The zero-order valence-corrected chi connectivity index (χ0v) is 11.7. The fraction of sp³-hybridized carbons (Fsp3) is 0.333. The number of anilines is 1. The van der Waals surface area contributed by atoms with E-state index in [1.807, 2.05) is 6.92 Å². The largest absolute Gasteiger partial charge is 0.492 e. The highest BCUT2D eigenvalue weighted by Crippen LogP contribution is 2.28. The molecule has 1 amide bonds. The van der Waals surface area contributed by atoms with Crippen molar-refractivity contribution in [2.75, 3.05) is 18.5 Å². The number of hydrogen-bond acceptors (Lipinski definition) is 4. The molecule has 1 aromatic carbocycles. The molecule has 98 valence electrons. The van der Waals surface area contributed by atoms with E-state index in [1.54, 1.807) is 25.1 Å². The molecule has 0 aliphatic carbocycles. The Morgan fingerprint density at radius 1 is 1.28 bits per heavy atom. The van der Waals surface area contributed by atoms with Crippen LogP contribution in [0, 0.1) is 0 Å². The van der Waals surface area contributed by atoms with E-state index in [0.29, 0.717) is 18.0 Å². The molecule has 0 aliphatic rings. The van der Waals surface area contributed by atoms with Crippen molar-refractivity contribution in [3.05, 3.63) is 22.7 Å². The first kappa shape index (κ1) is 14.5. The summed E-state index contributed by atoms with van der Waals surface area (Å²) < 4.78 is 10.8. The summed E-state index contributed by atoms with van der Waals surface area (Å²) in [6.45, 7) is 4.08. The number of nitrogens with one attached hydrogen (secondary N) is 1. The number of hydrogen-bond donors (Lipinski definition) is 1. The molecule has 0 bridgehead atoms. The smallest absolute Gasteiger partial charge is 0.397 e. The molecule has 0 saturated carbocycles. The van der Waals surface area contributed by atoms with E-state index in [4.69, 9.17) is 4.74 Å². The molecule has 0 atom stereocenters. The summed E-state index contributed by atoms with van der Waals surface area (Å²) in [7, 11) is 0. The minimum Gasteiger partial charge on any atom is -0.492 e. The number of halogens is 1. The molecule has 0 heterocycles. The lowest BCUT2D eigenvalue weighted by molar-refractivity contribution is -0.152. The molecule has 1 aromatic rings. The summed E-state index contributed by atoms with van der Waals surface area (Å²) in [5, 5.41) is 2.45. The first-order valence-electron chi connectivity index (χ1n) is 5.49. The highest BCUT2D eigenvalue weighted by molar-refractivity contribution is 9.10. The second-order valence-corrected chi connectivity index (χ2v) is 4.16. The summed E-state index contributed by atoms with van der Waals surface area (Å²) >= 11 is 3.30. The minimum absolute atomic E-state index is 0.158. The van der Waals surface area contributed by atoms with Crippen LogP contribution in [-0.2, 0) is 14.3 Å². The molecule has 0 unspecified atom stereocenters. The van der Waals surface area contributed by atoms with E-state index in [9.17, 15) is 9.59 Å². The van der Waals surface area contributed by atoms with Gasteiger partial charge in [0.05, 0.1) is 18.9 Å². The minimum atomic E-state index is -0.914. The Morgan fingerprint density at radius 2 is 2.00 bits per heavy atom. The lowest BCUT2D eigenvalue weighted by Gasteiger charge is -2.11. The maximum Gasteiger partial charge on any atom is 0.397 e. The summed E-state index contributed by atoms with van der Waals surface area (Å²) in [6, 6.07) is 5.10. The van der Waals surface area contributed by atoms with Crippen molar-refractivity contribution in [3.63, 3.8) is 0 Å². The van der Waals surface area contributed by atoms with Gasteiger partial charge < -0.3 is 14.8 Å². The topological polar surface area (TPSA) is 64.6 Å². The van der Waals surface area contributed by atoms with Crippen LogP contribution in [0.5, 0.6) is 5.75 Å². The van der Waals surface area contributed by atoms with Crippen molar-refractivity contribution < 1.29 is 19.1 Å². The van der Waals surface area contributed by atoms with Gasteiger partial charge >= 0.3 is 11.9 Å². The van der Waals surface area contributed by atoms with Gasteiger partial charge in [-0.15, -0.1) is 0 Å². The lowest BCUT2D eigenvalue weighted by Crippen LogP contribution is -2.25. The average molecular weight is 316 g/mol.